The van der Waals surface area contributed by atoms with Crippen molar-refractivity contribution in [1.82, 2.24) is 0 Å². The molecule has 0 aliphatic heterocycles. The Kier molecular flexibility index (Phi) is 4.74. The van der Waals surface area contributed by atoms with Gasteiger partial charge < -0.3 is 0 Å². The van der Waals surface area contributed by atoms with Gasteiger partial charge in [0.1, 0.15) is 0 Å². The van der Waals surface area contributed by atoms with Gasteiger partial charge in [0.2, 0.25) is 0 Å². The zero-order valence-electron chi connectivity index (χ0n) is 6.65. The van der Waals surface area contributed by atoms with E-state index in [2.05, 4.69) is 13.8 Å². The number of halogens is 1. The largest absolute Gasteiger partial charge is 0.248 e. The fourth-order valence-electron chi connectivity index (χ4n) is 0.807. The molecule has 0 N–H and O–H groups in total. The van der Waals surface area contributed by atoms with E-state index < -0.39 is 6.17 Å². The van der Waals surface area contributed by atoms with Crippen molar-refractivity contribution in [3.8, 4) is 0 Å². The van der Waals surface area contributed by atoms with Gasteiger partial charge in [-0.1, -0.05) is 26.7 Å². The molecule has 0 heterocycles. The Morgan fingerprint density at radius 3 is 2.00 bits per heavy atom. The highest BCUT2D eigenvalue weighted by Crippen LogP contribution is 2.09. The minimum atomic E-state index is -0.608. The maximum Gasteiger partial charge on any atom is 0.0973 e. The summed E-state index contributed by atoms with van der Waals surface area (Å²) in [5.41, 5.74) is 0. The number of hydrogen-bond acceptors (Lipinski definition) is 0. The molecule has 0 aromatic carbocycles. The van der Waals surface area contributed by atoms with Crippen LogP contribution < -0.4 is 0 Å². The van der Waals surface area contributed by atoms with Gasteiger partial charge in [-0.25, -0.2) is 4.39 Å². The summed E-state index contributed by atoms with van der Waals surface area (Å²) in [6.45, 7) is 5.96. The summed E-state index contributed by atoms with van der Waals surface area (Å²) < 4.78 is 12.2. The van der Waals surface area contributed by atoms with Crippen LogP contribution >= 0.6 is 0 Å². The average molecular weight is 131 g/mol. The highest BCUT2D eigenvalue weighted by atomic mass is 18.2. The van der Waals surface area contributed by atoms with E-state index in [9.17, 15) is 4.39 Å². The van der Waals surface area contributed by atoms with Crippen LogP contribution in [0.15, 0.2) is 0 Å². The highest BCUT2D eigenvalue weighted by molar-refractivity contribution is 4.50. The minimum Gasteiger partial charge on any atom is -0.248 e. The van der Waals surface area contributed by atoms with E-state index in [1.54, 1.807) is 6.92 Å². The zero-order chi connectivity index (χ0) is 7.28. The molecule has 0 amide bonds. The normalized spacial score (nSPS) is 14.3. The van der Waals surface area contributed by atoms with E-state index in [1.165, 1.54) is 0 Å². The first kappa shape index (κ1) is 8.93. The van der Waals surface area contributed by atoms with Gasteiger partial charge in [0.25, 0.3) is 0 Å². The molecule has 0 spiro atoms. The highest BCUT2D eigenvalue weighted by Gasteiger charge is 1.98. The molecule has 1 heteroatoms. The molecule has 0 aromatic heterocycles. The lowest BCUT2D eigenvalue weighted by molar-refractivity contribution is 0.324. The molecule has 0 saturated carbocycles. The first-order valence-electron chi connectivity index (χ1n) is 3.77. The molecule has 0 aliphatic rings. The molecule has 0 fully saturated rings. The number of rotatable bonds is 4. The van der Waals surface area contributed by atoms with Gasteiger partial charge in [-0.2, -0.15) is 0 Å². The summed E-state index contributed by atoms with van der Waals surface area (Å²) in [5, 5.41) is 0. The summed E-state index contributed by atoms with van der Waals surface area (Å²) >= 11 is 0. The van der Waals surface area contributed by atoms with Gasteiger partial charge in [-0.05, 0) is 19.3 Å². The van der Waals surface area contributed by atoms with Crippen molar-refractivity contribution in [2.45, 2.75) is 46.2 Å². The first-order chi connectivity index (χ1) is 4.13. The quantitative estimate of drug-likeness (QED) is 0.549. The van der Waals surface area contributed by atoms with Crippen molar-refractivity contribution in [1.29, 1.82) is 0 Å². The molecule has 0 aliphatic carbocycles. The van der Waals surface area contributed by atoms with Crippen molar-refractivity contribution in [3.63, 3.8) is 0 Å². The van der Waals surface area contributed by atoms with E-state index in [1.807, 2.05) is 0 Å². The van der Waals surface area contributed by atoms with E-state index in [0.717, 1.165) is 25.2 Å². The van der Waals surface area contributed by atoms with Gasteiger partial charge in [-0.15, -0.1) is 0 Å². The first-order valence-corrected chi connectivity index (χ1v) is 3.77. The Morgan fingerprint density at radius 2 is 1.67 bits per heavy atom. The summed E-state index contributed by atoms with van der Waals surface area (Å²) in [4.78, 5) is 0. The van der Waals surface area contributed by atoms with Gasteiger partial charge in [0, 0.05) is 0 Å². The third kappa shape index (κ3) is 7.93. The van der Waals surface area contributed by atoms with Gasteiger partial charge in [-0.3, -0.25) is 0 Å². The van der Waals surface area contributed by atoms with Crippen LogP contribution in [0.1, 0.15) is 40.0 Å². The molecule has 0 nitrogen and oxygen atoms in total. The van der Waals surface area contributed by atoms with Crippen LogP contribution in [0, 0.1) is 5.92 Å². The van der Waals surface area contributed by atoms with Gasteiger partial charge in [0.15, 0.2) is 0 Å². The van der Waals surface area contributed by atoms with Crippen LogP contribution in [-0.2, 0) is 0 Å². The van der Waals surface area contributed by atoms with Crippen LogP contribution in [0.25, 0.3) is 0 Å². The van der Waals surface area contributed by atoms with Gasteiger partial charge in [0.05, 0.1) is 6.17 Å². The molecule has 0 unspecified atom stereocenters. The fourth-order valence-corrected chi connectivity index (χ4v) is 0.807. The van der Waals surface area contributed by atoms with E-state index in [4.69, 9.17) is 0 Å². The van der Waals surface area contributed by atoms with Crippen molar-refractivity contribution >= 4 is 0 Å². The SMILES string of the molecule is CC(C)CCC[C@@H](C)[18F]. The van der Waals surface area contributed by atoms with Crippen LogP contribution in [0.3, 0.4) is 0 Å². The smallest absolute Gasteiger partial charge is 0.0973 e. The molecule has 0 radical (unpaired) electrons. The van der Waals surface area contributed by atoms with Crippen LogP contribution in [0.5, 0.6) is 0 Å². The topological polar surface area (TPSA) is 0 Å². The zero-order valence-corrected chi connectivity index (χ0v) is 6.65. The Balaban J connectivity index is 2.91. The number of hydrogen-bond donors (Lipinski definition) is 0. The van der Waals surface area contributed by atoms with Crippen molar-refractivity contribution in [3.05, 3.63) is 0 Å². The fraction of sp³-hybridized carbons (Fsp3) is 1.00. The predicted molar refractivity (Wildman–Crippen MR) is 39.3 cm³/mol. The van der Waals surface area contributed by atoms with E-state index in [-0.39, 0.29) is 0 Å². The molecule has 0 rings (SSSR count). The summed E-state index contributed by atoms with van der Waals surface area (Å²) in [6, 6.07) is 0. The monoisotopic (exact) mass is 131 g/mol. The van der Waals surface area contributed by atoms with Crippen LogP contribution in [-0.4, -0.2) is 6.17 Å². The van der Waals surface area contributed by atoms with Crippen molar-refractivity contribution < 1.29 is 4.39 Å². The Bertz CT molecular complexity index is 49.6. The summed E-state index contributed by atoms with van der Waals surface area (Å²) in [7, 11) is 0. The second-order valence-electron chi connectivity index (χ2n) is 3.11. The standard InChI is InChI=1S/C8H17F/c1-7(2)5-4-6-8(3)9/h7-8H,4-6H2,1-3H3/t8-/m1/s1/i9-1. The predicted octanol–water partition coefficient (Wildman–Crippen LogP) is 3.17. The molecular weight excluding hydrogens is 114 g/mol. The maximum atomic E-state index is 12.2. The summed E-state index contributed by atoms with van der Waals surface area (Å²) in [5.74, 6) is 0.726. The van der Waals surface area contributed by atoms with E-state index >= 15 is 0 Å². The Labute approximate surface area is 57.5 Å². The Morgan fingerprint density at radius 1 is 1.11 bits per heavy atom. The maximum absolute atomic E-state index is 12.2. The number of alkyl halides is 1. The van der Waals surface area contributed by atoms with Crippen molar-refractivity contribution in [2.75, 3.05) is 0 Å². The second-order valence-corrected chi connectivity index (χ2v) is 3.11. The Hall–Kier alpha value is -0.0700. The van der Waals surface area contributed by atoms with Crippen LogP contribution in [0.4, 0.5) is 4.39 Å². The molecule has 9 heavy (non-hydrogen) atoms. The third-order valence-corrected chi connectivity index (χ3v) is 1.38. The summed E-state index contributed by atoms with van der Waals surface area (Å²) in [6.07, 6.45) is 2.32. The van der Waals surface area contributed by atoms with Gasteiger partial charge >= 0.3 is 0 Å². The molecular formula is C8H17F. The molecule has 0 bridgehead atoms. The minimum absolute atomic E-state index is 0.608. The molecule has 56 valence electrons. The lowest BCUT2D eigenvalue weighted by Crippen LogP contribution is -1.94. The molecule has 1 atom stereocenters. The lowest BCUT2D eigenvalue weighted by atomic mass is 10.1. The second kappa shape index (κ2) is 4.78. The van der Waals surface area contributed by atoms with Crippen LogP contribution in [0.2, 0.25) is 0 Å². The van der Waals surface area contributed by atoms with E-state index in [0.29, 0.717) is 0 Å². The lowest BCUT2D eigenvalue weighted by Gasteiger charge is -2.03. The molecule has 0 aromatic rings. The average Bonchev–Trinajstić information content (AvgIpc) is 1.63. The third-order valence-electron chi connectivity index (χ3n) is 1.38. The molecule has 0 saturated heterocycles. The van der Waals surface area contributed by atoms with Crippen molar-refractivity contribution in [2.24, 2.45) is 5.92 Å².